The van der Waals surface area contributed by atoms with Gasteiger partial charge in [-0.25, -0.2) is 8.42 Å². The van der Waals surface area contributed by atoms with E-state index in [1.807, 2.05) is 116 Å². The molecule has 1 heterocycles. The summed E-state index contributed by atoms with van der Waals surface area (Å²) in [6, 6.07) is 46.9. The van der Waals surface area contributed by atoms with Crippen molar-refractivity contribution in [3.63, 3.8) is 0 Å². The van der Waals surface area contributed by atoms with Gasteiger partial charge in [0.05, 0.1) is 23.3 Å². The molecule has 9 heteroatoms. The number of sulfonamides is 1. The molecular weight excluding hydrogens is 659 g/mol. The highest BCUT2D eigenvalue weighted by atomic mass is 32.2. The van der Waals surface area contributed by atoms with E-state index in [2.05, 4.69) is 9.62 Å². The SMILES string of the molecule is COc1ccc(NS(=O)(=O)c2ccc3c(c2)C(=O)N(c2ccc(C)cc2)[C@@H](c2cccc(OCc4ccccc4)c2)N3Cc2ccccc2)cc1. The van der Waals surface area contributed by atoms with Gasteiger partial charge in [0, 0.05) is 17.9 Å². The predicted octanol–water partition coefficient (Wildman–Crippen LogP) is 8.75. The maximum Gasteiger partial charge on any atom is 0.262 e. The first-order valence-corrected chi connectivity index (χ1v) is 18.1. The molecule has 6 aromatic rings. The average molecular weight is 696 g/mol. The first kappa shape index (κ1) is 33.4. The van der Waals surface area contributed by atoms with Crippen molar-refractivity contribution >= 4 is 33.0 Å². The summed E-state index contributed by atoms with van der Waals surface area (Å²) >= 11 is 0. The molecule has 0 spiro atoms. The van der Waals surface area contributed by atoms with Crippen molar-refractivity contribution in [1.82, 2.24) is 0 Å². The van der Waals surface area contributed by atoms with Crippen LogP contribution in [-0.2, 0) is 23.2 Å². The summed E-state index contributed by atoms with van der Waals surface area (Å²) in [6.45, 7) is 2.84. The van der Waals surface area contributed by atoms with Gasteiger partial charge < -0.3 is 14.4 Å². The fraction of sp³-hybridized carbons (Fsp3) is 0.119. The van der Waals surface area contributed by atoms with Gasteiger partial charge in [0.2, 0.25) is 0 Å². The molecule has 0 unspecified atom stereocenters. The summed E-state index contributed by atoms with van der Waals surface area (Å²) in [5.41, 5.74) is 5.92. The van der Waals surface area contributed by atoms with Gasteiger partial charge in [-0.1, -0.05) is 90.5 Å². The Balaban J connectivity index is 1.34. The molecule has 0 aromatic heterocycles. The highest BCUT2D eigenvalue weighted by Crippen LogP contribution is 2.44. The molecule has 1 aliphatic heterocycles. The van der Waals surface area contributed by atoms with E-state index in [4.69, 9.17) is 9.47 Å². The normalized spacial score (nSPS) is 14.2. The molecule has 0 fully saturated rings. The van der Waals surface area contributed by atoms with Crippen LogP contribution in [0.2, 0.25) is 0 Å². The zero-order valence-electron chi connectivity index (χ0n) is 28.3. The topological polar surface area (TPSA) is 88.2 Å². The van der Waals surface area contributed by atoms with Crippen molar-refractivity contribution in [3.05, 3.63) is 179 Å². The summed E-state index contributed by atoms with van der Waals surface area (Å²) < 4.78 is 41.5. The molecule has 1 amide bonds. The van der Waals surface area contributed by atoms with Gasteiger partial charge in [-0.2, -0.15) is 0 Å². The lowest BCUT2D eigenvalue weighted by atomic mass is 9.98. The smallest absolute Gasteiger partial charge is 0.262 e. The van der Waals surface area contributed by atoms with E-state index in [0.717, 1.165) is 22.3 Å². The number of rotatable bonds is 11. The number of methoxy groups -OCH3 is 1. The Hall–Kier alpha value is -6.06. The Morgan fingerprint density at radius 3 is 2.08 bits per heavy atom. The summed E-state index contributed by atoms with van der Waals surface area (Å²) in [6.07, 6.45) is -0.590. The van der Waals surface area contributed by atoms with Crippen LogP contribution in [0.4, 0.5) is 17.1 Å². The maximum atomic E-state index is 14.8. The van der Waals surface area contributed by atoms with Crippen LogP contribution >= 0.6 is 0 Å². The number of hydrogen-bond donors (Lipinski definition) is 1. The lowest BCUT2D eigenvalue weighted by Crippen LogP contribution is -2.49. The molecule has 8 nitrogen and oxygen atoms in total. The van der Waals surface area contributed by atoms with Gasteiger partial charge in [0.1, 0.15) is 24.3 Å². The van der Waals surface area contributed by atoms with Crippen LogP contribution in [0.5, 0.6) is 11.5 Å². The number of fused-ring (bicyclic) bond motifs is 1. The van der Waals surface area contributed by atoms with E-state index in [0.29, 0.717) is 41.7 Å². The molecule has 0 radical (unpaired) electrons. The van der Waals surface area contributed by atoms with Crippen molar-refractivity contribution < 1.29 is 22.7 Å². The molecular formula is C42H37N3O5S. The molecule has 1 atom stereocenters. The fourth-order valence-corrected chi connectivity index (χ4v) is 7.32. The standard InChI is InChI=1S/C42H37N3O5S/c1-30-16-20-35(21-17-30)45-41(33-14-9-15-37(26-33)50-29-32-12-7-4-8-13-32)44(28-31-10-5-3-6-11-31)40-25-24-38(27-39(40)42(45)46)51(47,48)43-34-18-22-36(49-2)23-19-34/h3-27,41,43H,28-29H2,1-2H3/t41-/m0/s1. The molecule has 1 aliphatic rings. The fourth-order valence-electron chi connectivity index (χ4n) is 6.24. The second-order valence-corrected chi connectivity index (χ2v) is 14.0. The third-order valence-electron chi connectivity index (χ3n) is 8.83. The third-order valence-corrected chi connectivity index (χ3v) is 10.2. The number of hydrogen-bond acceptors (Lipinski definition) is 6. The largest absolute Gasteiger partial charge is 0.497 e. The first-order chi connectivity index (χ1) is 24.8. The van der Waals surface area contributed by atoms with Crippen LogP contribution in [0, 0.1) is 6.92 Å². The monoisotopic (exact) mass is 695 g/mol. The Labute approximate surface area is 298 Å². The lowest BCUT2D eigenvalue weighted by Gasteiger charge is -2.46. The van der Waals surface area contributed by atoms with Gasteiger partial charge in [0.25, 0.3) is 15.9 Å². The van der Waals surface area contributed by atoms with E-state index in [9.17, 15) is 13.2 Å². The minimum atomic E-state index is -4.05. The summed E-state index contributed by atoms with van der Waals surface area (Å²) in [5.74, 6) is 0.958. The second kappa shape index (κ2) is 14.4. The zero-order valence-corrected chi connectivity index (χ0v) is 29.1. The van der Waals surface area contributed by atoms with E-state index in [-0.39, 0.29) is 16.4 Å². The quantitative estimate of drug-likeness (QED) is 0.146. The lowest BCUT2D eigenvalue weighted by molar-refractivity contribution is 0.0968. The van der Waals surface area contributed by atoms with Crippen LogP contribution in [0.3, 0.4) is 0 Å². The van der Waals surface area contributed by atoms with Crippen LogP contribution in [0.25, 0.3) is 0 Å². The number of nitrogens with zero attached hydrogens (tertiary/aromatic N) is 2. The van der Waals surface area contributed by atoms with Crippen molar-refractivity contribution in [2.24, 2.45) is 0 Å². The summed E-state index contributed by atoms with van der Waals surface area (Å²) in [7, 11) is -2.50. The number of anilines is 3. The molecule has 0 saturated carbocycles. The second-order valence-electron chi connectivity index (χ2n) is 12.4. The molecule has 0 saturated heterocycles. The number of nitrogens with one attached hydrogen (secondary N) is 1. The highest BCUT2D eigenvalue weighted by Gasteiger charge is 2.40. The molecule has 7 rings (SSSR count). The maximum absolute atomic E-state index is 14.8. The van der Waals surface area contributed by atoms with Crippen LogP contribution in [0.15, 0.2) is 157 Å². The summed E-state index contributed by atoms with van der Waals surface area (Å²) in [4.78, 5) is 18.7. The van der Waals surface area contributed by atoms with E-state index in [1.165, 1.54) is 6.07 Å². The van der Waals surface area contributed by atoms with Crippen molar-refractivity contribution in [2.45, 2.75) is 31.1 Å². The molecule has 51 heavy (non-hydrogen) atoms. The Morgan fingerprint density at radius 1 is 0.706 bits per heavy atom. The molecule has 1 N–H and O–H groups in total. The number of aryl methyl sites for hydroxylation is 1. The molecule has 256 valence electrons. The van der Waals surface area contributed by atoms with Gasteiger partial charge in [-0.05, 0) is 90.3 Å². The van der Waals surface area contributed by atoms with Crippen LogP contribution in [0.1, 0.15) is 38.8 Å². The van der Waals surface area contributed by atoms with Gasteiger partial charge >= 0.3 is 0 Å². The average Bonchev–Trinajstić information content (AvgIpc) is 3.16. The molecule has 6 aromatic carbocycles. The number of amides is 1. The summed E-state index contributed by atoms with van der Waals surface area (Å²) in [5, 5.41) is 0. The number of ether oxygens (including phenoxy) is 2. The van der Waals surface area contributed by atoms with Gasteiger partial charge in [-0.15, -0.1) is 0 Å². The van der Waals surface area contributed by atoms with E-state index in [1.54, 1.807) is 48.4 Å². The van der Waals surface area contributed by atoms with Crippen molar-refractivity contribution in [1.29, 1.82) is 0 Å². The molecule has 0 bridgehead atoms. The highest BCUT2D eigenvalue weighted by molar-refractivity contribution is 7.92. The van der Waals surface area contributed by atoms with E-state index >= 15 is 0 Å². The van der Waals surface area contributed by atoms with Gasteiger partial charge in [-0.3, -0.25) is 14.4 Å². The number of carbonyl (C=O) groups is 1. The third kappa shape index (κ3) is 7.29. The number of benzene rings is 6. The van der Waals surface area contributed by atoms with Crippen molar-refractivity contribution in [3.8, 4) is 11.5 Å². The van der Waals surface area contributed by atoms with Gasteiger partial charge in [0.15, 0.2) is 0 Å². The Kier molecular flexibility index (Phi) is 9.46. The van der Waals surface area contributed by atoms with Crippen molar-refractivity contribution in [2.75, 3.05) is 21.6 Å². The van der Waals surface area contributed by atoms with Crippen LogP contribution in [-0.4, -0.2) is 21.4 Å². The zero-order chi connectivity index (χ0) is 35.4. The van der Waals surface area contributed by atoms with Crippen LogP contribution < -0.4 is 24.0 Å². The number of carbonyl (C=O) groups excluding carboxylic acids is 1. The van der Waals surface area contributed by atoms with E-state index < -0.39 is 16.2 Å². The Morgan fingerprint density at radius 2 is 1.39 bits per heavy atom. The minimum absolute atomic E-state index is 0.0244. The predicted molar refractivity (Wildman–Crippen MR) is 201 cm³/mol. The minimum Gasteiger partial charge on any atom is -0.497 e. The molecule has 0 aliphatic carbocycles. The first-order valence-electron chi connectivity index (χ1n) is 16.6. The Bertz CT molecular complexity index is 2250.